The molecule has 3 aromatic rings. The van der Waals surface area contributed by atoms with Gasteiger partial charge in [0, 0.05) is 20.1 Å². The molecule has 2 aromatic carbocycles. The summed E-state index contributed by atoms with van der Waals surface area (Å²) in [6.45, 7) is 3.84. The first-order valence-electron chi connectivity index (χ1n) is 12.1. The Balaban J connectivity index is 1.76. The number of carbonyl (C=O) groups is 3. The molecule has 0 unspecified atom stereocenters. The highest BCUT2D eigenvalue weighted by molar-refractivity contribution is 6.30. The van der Waals surface area contributed by atoms with E-state index in [2.05, 4.69) is 20.4 Å². The first kappa shape index (κ1) is 28.0. The summed E-state index contributed by atoms with van der Waals surface area (Å²) in [5.41, 5.74) is 0.0167. The molecule has 0 atom stereocenters. The van der Waals surface area contributed by atoms with Crippen molar-refractivity contribution in [3.05, 3.63) is 87.7 Å². The molecule has 2 heterocycles. The number of halogens is 3. The van der Waals surface area contributed by atoms with Crippen molar-refractivity contribution in [2.45, 2.75) is 25.2 Å². The van der Waals surface area contributed by atoms with E-state index in [1.165, 1.54) is 24.2 Å². The number of anilines is 2. The fourth-order valence-corrected chi connectivity index (χ4v) is 4.99. The van der Waals surface area contributed by atoms with Crippen molar-refractivity contribution in [2.24, 2.45) is 0 Å². The Hall–Kier alpha value is -4.05. The quantitative estimate of drug-likeness (QED) is 0.324. The van der Waals surface area contributed by atoms with Crippen LogP contribution in [0.25, 0.3) is 0 Å². The zero-order chi connectivity index (χ0) is 28.5. The number of methoxy groups -OCH3 is 1. The SMILES string of the molecule is CNC(=O)c1cc(Cl)ncc1NC(=O)C1(c2ccccc2C(C)C)CN(c2c(F)cc(C(=O)OC)cc2F)C1. The Kier molecular flexibility index (Phi) is 7.87. The van der Waals surface area contributed by atoms with Gasteiger partial charge in [-0.05, 0) is 35.2 Å². The maximum Gasteiger partial charge on any atom is 0.338 e. The first-order valence-corrected chi connectivity index (χ1v) is 12.5. The molecular formula is C28H27ClF2N4O4. The van der Waals surface area contributed by atoms with E-state index in [0.29, 0.717) is 5.56 Å². The molecule has 1 aliphatic heterocycles. The van der Waals surface area contributed by atoms with Crippen LogP contribution in [0.2, 0.25) is 5.15 Å². The molecule has 8 nitrogen and oxygen atoms in total. The van der Waals surface area contributed by atoms with E-state index in [1.54, 1.807) is 6.07 Å². The molecule has 1 aliphatic rings. The molecule has 0 bridgehead atoms. The number of aromatic nitrogens is 1. The lowest BCUT2D eigenvalue weighted by Crippen LogP contribution is -2.66. The van der Waals surface area contributed by atoms with E-state index < -0.39 is 34.8 Å². The monoisotopic (exact) mass is 556 g/mol. The van der Waals surface area contributed by atoms with Crippen molar-refractivity contribution in [3.8, 4) is 0 Å². The van der Waals surface area contributed by atoms with E-state index in [-0.39, 0.29) is 46.7 Å². The third-order valence-electron chi connectivity index (χ3n) is 6.80. The number of esters is 1. The number of hydrogen-bond donors (Lipinski definition) is 2. The maximum atomic E-state index is 15.1. The Bertz CT molecular complexity index is 1430. The van der Waals surface area contributed by atoms with Crippen molar-refractivity contribution in [1.29, 1.82) is 0 Å². The highest BCUT2D eigenvalue weighted by atomic mass is 35.5. The number of amides is 2. The van der Waals surface area contributed by atoms with Gasteiger partial charge in [0.1, 0.15) is 27.9 Å². The van der Waals surface area contributed by atoms with Crippen LogP contribution in [0.3, 0.4) is 0 Å². The molecule has 1 aromatic heterocycles. The van der Waals surface area contributed by atoms with E-state index >= 15 is 8.78 Å². The fourth-order valence-electron chi connectivity index (χ4n) is 4.83. The van der Waals surface area contributed by atoms with Gasteiger partial charge in [0.25, 0.3) is 5.91 Å². The average Bonchev–Trinajstić information content (AvgIpc) is 2.89. The molecular weight excluding hydrogens is 530 g/mol. The lowest BCUT2D eigenvalue weighted by Gasteiger charge is -2.51. The molecule has 1 fully saturated rings. The van der Waals surface area contributed by atoms with Crippen molar-refractivity contribution in [3.63, 3.8) is 0 Å². The lowest BCUT2D eigenvalue weighted by atomic mass is 9.69. The molecule has 2 amide bonds. The van der Waals surface area contributed by atoms with Gasteiger partial charge in [-0.25, -0.2) is 18.6 Å². The minimum Gasteiger partial charge on any atom is -0.465 e. The molecule has 0 aliphatic carbocycles. The van der Waals surface area contributed by atoms with Crippen LogP contribution < -0.4 is 15.5 Å². The minimum absolute atomic E-state index is 0.0476. The third kappa shape index (κ3) is 5.16. The lowest BCUT2D eigenvalue weighted by molar-refractivity contribution is -0.122. The summed E-state index contributed by atoms with van der Waals surface area (Å²) >= 11 is 5.98. The van der Waals surface area contributed by atoms with E-state index in [0.717, 1.165) is 24.8 Å². The Morgan fingerprint density at radius 1 is 1.10 bits per heavy atom. The summed E-state index contributed by atoms with van der Waals surface area (Å²) in [6.07, 6.45) is 1.29. The molecule has 39 heavy (non-hydrogen) atoms. The number of carbonyl (C=O) groups excluding carboxylic acids is 3. The van der Waals surface area contributed by atoms with Crippen LogP contribution in [0.15, 0.2) is 48.7 Å². The van der Waals surface area contributed by atoms with Gasteiger partial charge in [0.05, 0.1) is 30.1 Å². The molecule has 0 saturated carbocycles. The third-order valence-corrected chi connectivity index (χ3v) is 7.01. The number of rotatable bonds is 7. The van der Waals surface area contributed by atoms with Gasteiger partial charge in [-0.1, -0.05) is 49.7 Å². The Morgan fingerprint density at radius 3 is 2.33 bits per heavy atom. The number of benzene rings is 2. The van der Waals surface area contributed by atoms with Gasteiger partial charge in [0.2, 0.25) is 5.91 Å². The summed E-state index contributed by atoms with van der Waals surface area (Å²) in [6, 6.07) is 10.5. The zero-order valence-corrected chi connectivity index (χ0v) is 22.5. The van der Waals surface area contributed by atoms with Gasteiger partial charge in [0.15, 0.2) is 0 Å². The van der Waals surface area contributed by atoms with Crippen molar-refractivity contribution < 1.29 is 27.9 Å². The minimum atomic E-state index is -1.22. The fraction of sp³-hybridized carbons (Fsp3) is 0.286. The second-order valence-corrected chi connectivity index (χ2v) is 9.93. The first-order chi connectivity index (χ1) is 18.5. The largest absolute Gasteiger partial charge is 0.465 e. The van der Waals surface area contributed by atoms with Crippen LogP contribution in [-0.2, 0) is 14.9 Å². The summed E-state index contributed by atoms with van der Waals surface area (Å²) in [7, 11) is 2.56. The number of hydrogen-bond acceptors (Lipinski definition) is 6. The Morgan fingerprint density at radius 2 is 1.74 bits per heavy atom. The molecule has 1 saturated heterocycles. The number of pyridine rings is 1. The molecule has 4 rings (SSSR count). The van der Waals surface area contributed by atoms with Crippen LogP contribution in [0, 0.1) is 11.6 Å². The summed E-state index contributed by atoms with van der Waals surface area (Å²) in [5.74, 6) is -3.68. The molecule has 11 heteroatoms. The molecule has 0 spiro atoms. The smallest absolute Gasteiger partial charge is 0.338 e. The highest BCUT2D eigenvalue weighted by Gasteiger charge is 2.53. The second kappa shape index (κ2) is 11.0. The van der Waals surface area contributed by atoms with Crippen molar-refractivity contribution in [2.75, 3.05) is 37.5 Å². The van der Waals surface area contributed by atoms with Gasteiger partial charge in [-0.15, -0.1) is 0 Å². The van der Waals surface area contributed by atoms with Gasteiger partial charge >= 0.3 is 5.97 Å². The molecule has 2 N–H and O–H groups in total. The predicted octanol–water partition coefficient (Wildman–Crippen LogP) is 4.68. The van der Waals surface area contributed by atoms with Crippen LogP contribution in [0.4, 0.5) is 20.2 Å². The molecule has 204 valence electrons. The number of nitrogens with one attached hydrogen (secondary N) is 2. The summed E-state index contributed by atoms with van der Waals surface area (Å²) < 4.78 is 34.7. The predicted molar refractivity (Wildman–Crippen MR) is 143 cm³/mol. The van der Waals surface area contributed by atoms with E-state index in [1.807, 2.05) is 32.0 Å². The maximum absolute atomic E-state index is 15.1. The van der Waals surface area contributed by atoms with Crippen LogP contribution >= 0.6 is 11.6 Å². The highest BCUT2D eigenvalue weighted by Crippen LogP contribution is 2.43. The second-order valence-electron chi connectivity index (χ2n) is 9.55. The Labute approximate surface area is 229 Å². The zero-order valence-electron chi connectivity index (χ0n) is 21.8. The van der Waals surface area contributed by atoms with Crippen molar-refractivity contribution >= 4 is 40.8 Å². The van der Waals surface area contributed by atoms with E-state index in [4.69, 9.17) is 11.6 Å². The van der Waals surface area contributed by atoms with Gasteiger partial charge in [-0.3, -0.25) is 9.59 Å². The van der Waals surface area contributed by atoms with E-state index in [9.17, 15) is 14.4 Å². The number of ether oxygens (including phenoxy) is 1. The van der Waals surface area contributed by atoms with Crippen LogP contribution in [0.1, 0.15) is 51.6 Å². The number of nitrogens with zero attached hydrogens (tertiary/aromatic N) is 2. The van der Waals surface area contributed by atoms with Crippen LogP contribution in [0.5, 0.6) is 0 Å². The van der Waals surface area contributed by atoms with Gasteiger partial charge in [-0.2, -0.15) is 0 Å². The standard InChI is InChI=1S/C28H27ClF2N4O4/c1-15(2)17-7-5-6-8-19(17)28(27(38)34-22-12-33-23(29)11-18(22)25(36)32-3)13-35(14-28)24-20(30)9-16(10-21(24)31)26(37)39-4/h5-12,15H,13-14H2,1-4H3,(H,32,36)(H,34,38). The van der Waals surface area contributed by atoms with Crippen LogP contribution in [-0.4, -0.2) is 50.0 Å². The summed E-state index contributed by atoms with van der Waals surface area (Å²) in [4.78, 5) is 43.6. The van der Waals surface area contributed by atoms with Crippen molar-refractivity contribution in [1.82, 2.24) is 10.3 Å². The normalized spacial score (nSPS) is 14.0. The molecule has 0 radical (unpaired) electrons. The topological polar surface area (TPSA) is 101 Å². The average molecular weight is 557 g/mol. The summed E-state index contributed by atoms with van der Waals surface area (Å²) in [5, 5.41) is 5.37. The van der Waals surface area contributed by atoms with Gasteiger partial charge < -0.3 is 20.3 Å².